The quantitative estimate of drug-likeness (QED) is 0.772. The van der Waals surface area contributed by atoms with Crippen molar-refractivity contribution >= 4 is 11.0 Å². The lowest BCUT2D eigenvalue weighted by molar-refractivity contribution is 0.481. The SMILES string of the molecule is CCNC(Cn1cnc2ccccc21)c1cnn(C)c1. The fourth-order valence-corrected chi connectivity index (χ4v) is 2.51. The molecule has 0 spiro atoms. The Kier molecular flexibility index (Phi) is 3.52. The molecule has 0 saturated carbocycles. The topological polar surface area (TPSA) is 47.7 Å². The smallest absolute Gasteiger partial charge is 0.0958 e. The first-order valence-electron chi connectivity index (χ1n) is 6.89. The van der Waals surface area contributed by atoms with E-state index in [9.17, 15) is 0 Å². The lowest BCUT2D eigenvalue weighted by Crippen LogP contribution is -2.24. The van der Waals surface area contributed by atoms with Gasteiger partial charge in [-0.05, 0) is 18.7 Å². The van der Waals surface area contributed by atoms with Gasteiger partial charge >= 0.3 is 0 Å². The predicted octanol–water partition coefficient (Wildman–Crippen LogP) is 2.12. The van der Waals surface area contributed by atoms with Crippen LogP contribution in [-0.4, -0.2) is 25.9 Å². The van der Waals surface area contributed by atoms with Gasteiger partial charge in [-0.15, -0.1) is 0 Å². The van der Waals surface area contributed by atoms with Gasteiger partial charge in [0.05, 0.1) is 29.6 Å². The Labute approximate surface area is 118 Å². The van der Waals surface area contributed by atoms with Crippen molar-refractivity contribution in [2.24, 2.45) is 7.05 Å². The number of rotatable bonds is 5. The van der Waals surface area contributed by atoms with Gasteiger partial charge in [0.1, 0.15) is 0 Å². The molecule has 104 valence electrons. The monoisotopic (exact) mass is 269 g/mol. The molecule has 0 amide bonds. The molecule has 0 aliphatic rings. The van der Waals surface area contributed by atoms with E-state index in [0.717, 1.165) is 18.6 Å². The minimum atomic E-state index is 0.242. The predicted molar refractivity (Wildman–Crippen MR) is 79.4 cm³/mol. The second kappa shape index (κ2) is 5.46. The maximum atomic E-state index is 4.45. The van der Waals surface area contributed by atoms with E-state index in [4.69, 9.17) is 0 Å². The molecule has 20 heavy (non-hydrogen) atoms. The summed E-state index contributed by atoms with van der Waals surface area (Å²) in [6.07, 6.45) is 5.89. The van der Waals surface area contributed by atoms with E-state index in [0.29, 0.717) is 0 Å². The van der Waals surface area contributed by atoms with E-state index in [2.05, 4.69) is 39.2 Å². The molecule has 0 aliphatic carbocycles. The maximum absolute atomic E-state index is 4.45. The highest BCUT2D eigenvalue weighted by Gasteiger charge is 2.14. The van der Waals surface area contributed by atoms with Crippen molar-refractivity contribution in [3.8, 4) is 0 Å². The number of nitrogens with zero attached hydrogens (tertiary/aromatic N) is 4. The molecule has 0 fully saturated rings. The molecule has 3 rings (SSSR count). The summed E-state index contributed by atoms with van der Waals surface area (Å²) in [5.41, 5.74) is 3.40. The second-order valence-corrected chi connectivity index (χ2v) is 4.94. The number of hydrogen-bond acceptors (Lipinski definition) is 3. The largest absolute Gasteiger partial charge is 0.329 e. The first-order valence-corrected chi connectivity index (χ1v) is 6.89. The zero-order chi connectivity index (χ0) is 13.9. The molecular formula is C15H19N5. The van der Waals surface area contributed by atoms with E-state index < -0.39 is 0 Å². The molecule has 3 aromatic rings. The summed E-state index contributed by atoms with van der Waals surface area (Å²) in [5, 5.41) is 7.78. The third-order valence-corrected chi connectivity index (χ3v) is 3.48. The molecule has 2 aromatic heterocycles. The highest BCUT2D eigenvalue weighted by atomic mass is 15.2. The van der Waals surface area contributed by atoms with Crippen molar-refractivity contribution in [2.75, 3.05) is 6.54 Å². The summed E-state index contributed by atoms with van der Waals surface area (Å²) >= 11 is 0. The van der Waals surface area contributed by atoms with E-state index in [-0.39, 0.29) is 6.04 Å². The number of likely N-dealkylation sites (N-methyl/N-ethyl adjacent to an activating group) is 1. The number of para-hydroxylation sites is 2. The Balaban J connectivity index is 1.90. The van der Waals surface area contributed by atoms with Gasteiger partial charge in [0.2, 0.25) is 0 Å². The van der Waals surface area contributed by atoms with Crippen LogP contribution in [0.4, 0.5) is 0 Å². The van der Waals surface area contributed by atoms with E-state index in [1.165, 1.54) is 11.1 Å². The summed E-state index contributed by atoms with van der Waals surface area (Å²) in [7, 11) is 1.94. The molecule has 5 nitrogen and oxygen atoms in total. The van der Waals surface area contributed by atoms with Crippen molar-refractivity contribution in [3.63, 3.8) is 0 Å². The molecule has 0 bridgehead atoms. The van der Waals surface area contributed by atoms with Crippen molar-refractivity contribution in [2.45, 2.75) is 19.5 Å². The van der Waals surface area contributed by atoms with Crippen molar-refractivity contribution in [3.05, 3.63) is 48.5 Å². The number of imidazole rings is 1. The molecule has 0 radical (unpaired) electrons. The Bertz CT molecular complexity index is 697. The van der Waals surface area contributed by atoms with E-state index in [1.807, 2.05) is 42.5 Å². The zero-order valence-electron chi connectivity index (χ0n) is 11.8. The Morgan fingerprint density at radius 2 is 2.15 bits per heavy atom. The van der Waals surface area contributed by atoms with Crippen LogP contribution in [0.2, 0.25) is 0 Å². The van der Waals surface area contributed by atoms with Gasteiger partial charge in [-0.1, -0.05) is 19.1 Å². The number of benzene rings is 1. The molecule has 2 heterocycles. The molecule has 1 unspecified atom stereocenters. The lowest BCUT2D eigenvalue weighted by atomic mass is 10.1. The first kappa shape index (κ1) is 12.9. The third kappa shape index (κ3) is 2.44. The summed E-state index contributed by atoms with van der Waals surface area (Å²) in [4.78, 5) is 4.45. The number of aromatic nitrogens is 4. The molecule has 0 saturated heterocycles. The molecule has 1 aromatic carbocycles. The van der Waals surface area contributed by atoms with E-state index in [1.54, 1.807) is 0 Å². The number of aryl methyl sites for hydroxylation is 1. The normalized spacial score (nSPS) is 12.9. The molecule has 5 heteroatoms. The highest BCUT2D eigenvalue weighted by Crippen LogP contribution is 2.18. The fourth-order valence-electron chi connectivity index (χ4n) is 2.51. The first-order chi connectivity index (χ1) is 9.78. The van der Waals surface area contributed by atoms with Gasteiger partial charge in [0, 0.05) is 25.4 Å². The summed E-state index contributed by atoms with van der Waals surface area (Å²) < 4.78 is 4.03. The molecule has 1 N–H and O–H groups in total. The fraction of sp³-hybridized carbons (Fsp3) is 0.333. The van der Waals surface area contributed by atoms with Crippen LogP contribution in [0.25, 0.3) is 11.0 Å². The average Bonchev–Trinajstić information content (AvgIpc) is 3.05. The molecule has 1 atom stereocenters. The highest BCUT2D eigenvalue weighted by molar-refractivity contribution is 5.74. The van der Waals surface area contributed by atoms with Crippen LogP contribution in [-0.2, 0) is 13.6 Å². The van der Waals surface area contributed by atoms with Crippen LogP contribution in [0.3, 0.4) is 0 Å². The summed E-state index contributed by atoms with van der Waals surface area (Å²) in [5.74, 6) is 0. The van der Waals surface area contributed by atoms with Crippen molar-refractivity contribution in [1.29, 1.82) is 0 Å². The van der Waals surface area contributed by atoms with Crippen LogP contribution in [0.5, 0.6) is 0 Å². The van der Waals surface area contributed by atoms with Gasteiger partial charge in [0.15, 0.2) is 0 Å². The Hall–Kier alpha value is -2.14. The zero-order valence-corrected chi connectivity index (χ0v) is 11.8. The third-order valence-electron chi connectivity index (χ3n) is 3.48. The van der Waals surface area contributed by atoms with Gasteiger partial charge < -0.3 is 9.88 Å². The maximum Gasteiger partial charge on any atom is 0.0958 e. The average molecular weight is 269 g/mol. The van der Waals surface area contributed by atoms with Gasteiger partial charge in [-0.25, -0.2) is 4.98 Å². The van der Waals surface area contributed by atoms with Gasteiger partial charge in [-0.3, -0.25) is 4.68 Å². The second-order valence-electron chi connectivity index (χ2n) is 4.94. The van der Waals surface area contributed by atoms with E-state index >= 15 is 0 Å². The number of hydrogen-bond donors (Lipinski definition) is 1. The summed E-state index contributed by atoms with van der Waals surface area (Å²) in [6.45, 7) is 3.89. The molecule has 0 aliphatic heterocycles. The van der Waals surface area contributed by atoms with Crippen LogP contribution in [0.15, 0.2) is 43.0 Å². The van der Waals surface area contributed by atoms with Gasteiger partial charge in [-0.2, -0.15) is 5.10 Å². The van der Waals surface area contributed by atoms with Crippen LogP contribution in [0, 0.1) is 0 Å². The van der Waals surface area contributed by atoms with Crippen LogP contribution < -0.4 is 5.32 Å². The van der Waals surface area contributed by atoms with Crippen molar-refractivity contribution in [1.82, 2.24) is 24.6 Å². The Morgan fingerprint density at radius 1 is 1.30 bits per heavy atom. The number of fused-ring (bicyclic) bond motifs is 1. The Morgan fingerprint density at radius 3 is 2.90 bits per heavy atom. The summed E-state index contributed by atoms with van der Waals surface area (Å²) in [6, 6.07) is 8.45. The van der Waals surface area contributed by atoms with Crippen LogP contribution >= 0.6 is 0 Å². The lowest BCUT2D eigenvalue weighted by Gasteiger charge is -2.17. The minimum absolute atomic E-state index is 0.242. The van der Waals surface area contributed by atoms with Crippen molar-refractivity contribution < 1.29 is 0 Å². The van der Waals surface area contributed by atoms with Gasteiger partial charge in [0.25, 0.3) is 0 Å². The standard InChI is InChI=1S/C15H19N5/c1-3-16-14(12-8-18-19(2)9-12)10-20-11-17-13-6-4-5-7-15(13)20/h4-9,11,14,16H,3,10H2,1-2H3. The molecular weight excluding hydrogens is 250 g/mol. The minimum Gasteiger partial charge on any atom is -0.329 e. The van der Waals surface area contributed by atoms with Crippen LogP contribution in [0.1, 0.15) is 18.5 Å². The number of nitrogens with one attached hydrogen (secondary N) is 1.